The number of carbonyl (C=O) groups excluding carboxylic acids is 1. The van der Waals surface area contributed by atoms with Crippen molar-refractivity contribution < 1.29 is 4.79 Å². The fourth-order valence-corrected chi connectivity index (χ4v) is 3.06. The number of amides is 1. The zero-order valence-corrected chi connectivity index (χ0v) is 12.7. The molecule has 110 valence electrons. The van der Waals surface area contributed by atoms with Gasteiger partial charge in [-0.05, 0) is 25.3 Å². The molecule has 1 aliphatic heterocycles. The molecule has 0 aromatic carbocycles. The van der Waals surface area contributed by atoms with Gasteiger partial charge in [0.25, 0.3) is 0 Å². The predicted molar refractivity (Wildman–Crippen MR) is 81.6 cm³/mol. The second-order valence-electron chi connectivity index (χ2n) is 5.82. The lowest BCUT2D eigenvalue weighted by Crippen LogP contribution is -2.33. The Morgan fingerprint density at radius 3 is 2.84 bits per heavy atom. The average Bonchev–Trinajstić information content (AvgIpc) is 2.90. The predicted octanol–water partition coefficient (Wildman–Crippen LogP) is 2.66. The van der Waals surface area contributed by atoms with Crippen molar-refractivity contribution in [1.29, 1.82) is 0 Å². The van der Waals surface area contributed by atoms with Crippen molar-refractivity contribution in [1.82, 2.24) is 10.6 Å². The molecule has 0 spiro atoms. The van der Waals surface area contributed by atoms with Crippen molar-refractivity contribution in [2.24, 2.45) is 11.8 Å². The molecule has 4 heteroatoms. The van der Waals surface area contributed by atoms with Crippen LogP contribution in [0.15, 0.2) is 11.6 Å². The molecule has 1 fully saturated rings. The van der Waals surface area contributed by atoms with Crippen molar-refractivity contribution in [2.75, 3.05) is 19.6 Å². The van der Waals surface area contributed by atoms with E-state index >= 15 is 0 Å². The van der Waals surface area contributed by atoms with E-state index in [4.69, 9.17) is 0 Å². The zero-order chi connectivity index (χ0) is 12.8. The first-order valence-corrected chi connectivity index (χ1v) is 7.42. The summed E-state index contributed by atoms with van der Waals surface area (Å²) in [5.41, 5.74) is 1.37. The van der Waals surface area contributed by atoms with Gasteiger partial charge in [-0.2, -0.15) is 0 Å². The summed E-state index contributed by atoms with van der Waals surface area (Å²) in [5, 5.41) is 6.38. The van der Waals surface area contributed by atoms with E-state index in [-0.39, 0.29) is 24.2 Å². The molecular weight excluding hydrogens is 260 g/mol. The van der Waals surface area contributed by atoms with Crippen LogP contribution in [0.4, 0.5) is 0 Å². The quantitative estimate of drug-likeness (QED) is 0.763. The third-order valence-corrected chi connectivity index (χ3v) is 4.26. The molecule has 0 aromatic rings. The lowest BCUT2D eigenvalue weighted by molar-refractivity contribution is -0.124. The molecule has 0 radical (unpaired) electrons. The van der Waals surface area contributed by atoms with Gasteiger partial charge in [0.05, 0.1) is 0 Å². The van der Waals surface area contributed by atoms with E-state index in [9.17, 15) is 4.79 Å². The fraction of sp³-hybridized carbons (Fsp3) is 0.800. The minimum absolute atomic E-state index is 0. The number of hydrogen-bond donors (Lipinski definition) is 2. The van der Waals surface area contributed by atoms with Crippen LogP contribution in [-0.4, -0.2) is 25.5 Å². The van der Waals surface area contributed by atoms with Gasteiger partial charge in [0.2, 0.25) is 5.91 Å². The first-order chi connectivity index (χ1) is 8.75. The second-order valence-corrected chi connectivity index (χ2v) is 5.82. The molecule has 0 bridgehead atoms. The van der Waals surface area contributed by atoms with Crippen molar-refractivity contribution in [3.05, 3.63) is 11.6 Å². The molecule has 19 heavy (non-hydrogen) atoms. The number of carbonyl (C=O) groups is 1. The van der Waals surface area contributed by atoms with Gasteiger partial charge in [-0.3, -0.25) is 4.79 Å². The van der Waals surface area contributed by atoms with Crippen molar-refractivity contribution in [2.45, 2.75) is 45.4 Å². The monoisotopic (exact) mass is 286 g/mol. The molecule has 3 nitrogen and oxygen atoms in total. The van der Waals surface area contributed by atoms with E-state index < -0.39 is 0 Å². The average molecular weight is 287 g/mol. The molecule has 1 aliphatic carbocycles. The van der Waals surface area contributed by atoms with Gasteiger partial charge in [-0.25, -0.2) is 0 Å². The van der Waals surface area contributed by atoms with Crippen LogP contribution in [0.2, 0.25) is 0 Å². The van der Waals surface area contributed by atoms with Crippen molar-refractivity contribution >= 4 is 18.3 Å². The van der Waals surface area contributed by atoms with Gasteiger partial charge >= 0.3 is 0 Å². The Kier molecular flexibility index (Phi) is 7.47. The van der Waals surface area contributed by atoms with Crippen LogP contribution in [0.3, 0.4) is 0 Å². The molecule has 1 saturated carbocycles. The minimum Gasteiger partial charge on any atom is -0.352 e. The summed E-state index contributed by atoms with van der Waals surface area (Å²) in [6, 6.07) is 0. The smallest absolute Gasteiger partial charge is 0.223 e. The molecule has 1 amide bonds. The van der Waals surface area contributed by atoms with E-state index in [1.807, 2.05) is 0 Å². The Morgan fingerprint density at radius 2 is 2.21 bits per heavy atom. The van der Waals surface area contributed by atoms with Crippen LogP contribution in [0.5, 0.6) is 0 Å². The van der Waals surface area contributed by atoms with Gasteiger partial charge < -0.3 is 10.6 Å². The molecule has 2 aliphatic rings. The van der Waals surface area contributed by atoms with E-state index in [0.29, 0.717) is 0 Å². The van der Waals surface area contributed by atoms with Crippen LogP contribution in [0.1, 0.15) is 45.4 Å². The Labute approximate surface area is 123 Å². The third-order valence-electron chi connectivity index (χ3n) is 4.26. The maximum atomic E-state index is 12.0. The van der Waals surface area contributed by atoms with Gasteiger partial charge in [0.15, 0.2) is 0 Å². The largest absolute Gasteiger partial charge is 0.352 e. The van der Waals surface area contributed by atoms with Crippen molar-refractivity contribution in [3.63, 3.8) is 0 Å². The van der Waals surface area contributed by atoms with Gasteiger partial charge in [0, 0.05) is 19.0 Å². The summed E-state index contributed by atoms with van der Waals surface area (Å²) in [6.45, 7) is 4.81. The Balaban J connectivity index is 0.00000180. The number of rotatable bonds is 5. The Hall–Kier alpha value is -0.540. The molecule has 1 atom stereocenters. The summed E-state index contributed by atoms with van der Waals surface area (Å²) in [7, 11) is 0. The maximum absolute atomic E-state index is 12.0. The van der Waals surface area contributed by atoms with Crippen LogP contribution in [0.25, 0.3) is 0 Å². The third kappa shape index (κ3) is 5.53. The van der Waals surface area contributed by atoms with E-state index in [1.54, 1.807) is 0 Å². The molecule has 0 saturated heterocycles. The first-order valence-electron chi connectivity index (χ1n) is 7.42. The number of hydrogen-bond acceptors (Lipinski definition) is 2. The summed E-state index contributed by atoms with van der Waals surface area (Å²) in [6.07, 6.45) is 9.72. The van der Waals surface area contributed by atoms with Gasteiger partial charge in [0.1, 0.15) is 0 Å². The zero-order valence-electron chi connectivity index (χ0n) is 11.9. The van der Waals surface area contributed by atoms with Crippen molar-refractivity contribution in [3.8, 4) is 0 Å². The molecule has 2 N–H and O–H groups in total. The summed E-state index contributed by atoms with van der Waals surface area (Å²) < 4.78 is 0. The molecular formula is C15H27ClN2O. The highest BCUT2D eigenvalue weighted by atomic mass is 35.5. The SMILES string of the molecule is CC(CC1CCCC1)C(=O)NCC1=CCNCC1.Cl. The lowest BCUT2D eigenvalue weighted by Gasteiger charge is -2.18. The van der Waals surface area contributed by atoms with Gasteiger partial charge in [-0.15, -0.1) is 12.4 Å². The molecule has 1 unspecified atom stereocenters. The van der Waals surface area contributed by atoms with Crippen LogP contribution in [-0.2, 0) is 4.79 Å². The van der Waals surface area contributed by atoms with Crippen LogP contribution in [0, 0.1) is 11.8 Å². The summed E-state index contributed by atoms with van der Waals surface area (Å²) in [4.78, 5) is 12.0. The van der Waals surface area contributed by atoms with Gasteiger partial charge in [-0.1, -0.05) is 44.3 Å². The van der Waals surface area contributed by atoms with E-state index in [0.717, 1.165) is 38.4 Å². The molecule has 2 rings (SSSR count). The summed E-state index contributed by atoms with van der Waals surface area (Å²) >= 11 is 0. The highest BCUT2D eigenvalue weighted by Crippen LogP contribution is 2.30. The normalized spacial score (nSPS) is 21.4. The standard InChI is InChI=1S/C15H26N2O.ClH/c1-12(10-13-4-2-3-5-13)15(18)17-11-14-6-8-16-9-7-14;/h6,12-13,16H,2-5,7-11H2,1H3,(H,17,18);1H. The lowest BCUT2D eigenvalue weighted by atomic mass is 9.94. The highest BCUT2D eigenvalue weighted by Gasteiger charge is 2.21. The molecule has 0 aromatic heterocycles. The van der Waals surface area contributed by atoms with E-state index in [1.165, 1.54) is 31.3 Å². The van der Waals surface area contributed by atoms with E-state index in [2.05, 4.69) is 23.6 Å². The summed E-state index contributed by atoms with van der Waals surface area (Å²) in [5.74, 6) is 1.21. The minimum atomic E-state index is 0. The van der Waals surface area contributed by atoms with Crippen LogP contribution >= 0.6 is 12.4 Å². The first kappa shape index (κ1) is 16.5. The maximum Gasteiger partial charge on any atom is 0.223 e. The Morgan fingerprint density at radius 1 is 1.47 bits per heavy atom. The highest BCUT2D eigenvalue weighted by molar-refractivity contribution is 5.85. The number of nitrogens with one attached hydrogen (secondary N) is 2. The molecule has 1 heterocycles. The Bertz CT molecular complexity index is 311. The number of halogens is 1. The fourth-order valence-electron chi connectivity index (χ4n) is 3.06. The second kappa shape index (κ2) is 8.60. The van der Waals surface area contributed by atoms with Crippen LogP contribution < -0.4 is 10.6 Å². The topological polar surface area (TPSA) is 41.1 Å².